The Labute approximate surface area is 179 Å². The molecular weight excluding hydrogens is 454 g/mol. The zero-order valence-corrected chi connectivity index (χ0v) is 19.4. The van der Waals surface area contributed by atoms with Gasteiger partial charge in [-0.25, -0.2) is 17.8 Å². The highest BCUT2D eigenvalue weighted by Crippen LogP contribution is 2.38. The van der Waals surface area contributed by atoms with Gasteiger partial charge in [-0.1, -0.05) is 20.8 Å². The number of hydrogen-bond acceptors (Lipinski definition) is 8. The zero-order valence-electron chi connectivity index (χ0n) is 16.1. The molecule has 0 spiro atoms. The first-order valence-electron chi connectivity index (χ1n) is 8.39. The van der Waals surface area contributed by atoms with Gasteiger partial charge in [0.05, 0.1) is 11.7 Å². The zero-order chi connectivity index (χ0) is 21.6. The van der Waals surface area contributed by atoms with Crippen molar-refractivity contribution >= 4 is 61.2 Å². The summed E-state index contributed by atoms with van der Waals surface area (Å²) in [5.74, 6) is -0.115. The van der Waals surface area contributed by atoms with Crippen LogP contribution in [0.15, 0.2) is 30.5 Å². The molecule has 0 aliphatic carbocycles. The normalized spacial score (nSPS) is 18.3. The lowest BCUT2D eigenvalue weighted by Gasteiger charge is -2.31. The first kappa shape index (κ1) is 21.9. The number of nitrogens with zero attached hydrogens (tertiary/aromatic N) is 2. The van der Waals surface area contributed by atoms with Gasteiger partial charge in [-0.05, 0) is 24.5 Å². The molecule has 1 unspecified atom stereocenters. The van der Waals surface area contributed by atoms with Gasteiger partial charge in [-0.15, -0.1) is 31.5 Å². The van der Waals surface area contributed by atoms with Gasteiger partial charge in [0.25, 0.3) is 21.2 Å². The SMILES string of the molecule is Cc1ccc([C@H](NC2=NS(=O)N=C2Nc2csc(S(N)(=O)=O)c2O)C(C)(C)C)s1. The highest BCUT2D eigenvalue weighted by molar-refractivity contribution is 7.91. The van der Waals surface area contributed by atoms with Crippen molar-refractivity contribution in [1.29, 1.82) is 0 Å². The topological polar surface area (TPSA) is 146 Å². The number of aromatic hydroxyl groups is 1. The van der Waals surface area contributed by atoms with Crippen molar-refractivity contribution in [3.8, 4) is 5.75 Å². The largest absolute Gasteiger partial charge is 0.504 e. The highest BCUT2D eigenvalue weighted by Gasteiger charge is 2.32. The molecular formula is C16H21N5O4S4. The first-order chi connectivity index (χ1) is 13.4. The highest BCUT2D eigenvalue weighted by atomic mass is 32.2. The molecule has 3 heterocycles. The molecule has 0 saturated heterocycles. The monoisotopic (exact) mass is 475 g/mol. The van der Waals surface area contributed by atoms with Crippen LogP contribution < -0.4 is 15.8 Å². The molecule has 0 amide bonds. The third kappa shape index (κ3) is 4.86. The molecule has 0 saturated carbocycles. The number of nitrogens with two attached hydrogens (primary N) is 1. The smallest absolute Gasteiger partial charge is 0.269 e. The van der Waals surface area contributed by atoms with Crippen molar-refractivity contribution in [1.82, 2.24) is 5.32 Å². The van der Waals surface area contributed by atoms with E-state index in [1.807, 2.05) is 19.1 Å². The van der Waals surface area contributed by atoms with Crippen LogP contribution in [0.25, 0.3) is 0 Å². The molecule has 2 aromatic rings. The van der Waals surface area contributed by atoms with Gasteiger partial charge < -0.3 is 15.7 Å². The van der Waals surface area contributed by atoms with Crippen molar-refractivity contribution in [3.63, 3.8) is 0 Å². The van der Waals surface area contributed by atoms with Crippen LogP contribution in [-0.4, -0.2) is 29.4 Å². The maximum absolute atomic E-state index is 12.0. The molecule has 5 N–H and O–H groups in total. The lowest BCUT2D eigenvalue weighted by atomic mass is 9.85. The van der Waals surface area contributed by atoms with Gasteiger partial charge in [0.2, 0.25) is 0 Å². The van der Waals surface area contributed by atoms with E-state index in [1.54, 1.807) is 11.3 Å². The van der Waals surface area contributed by atoms with Gasteiger partial charge in [-0.3, -0.25) is 0 Å². The first-order valence-corrected chi connectivity index (χ1v) is 12.7. The van der Waals surface area contributed by atoms with Crippen LogP contribution in [0.5, 0.6) is 5.75 Å². The van der Waals surface area contributed by atoms with E-state index in [0.29, 0.717) is 0 Å². The van der Waals surface area contributed by atoms with Crippen molar-refractivity contribution in [2.45, 2.75) is 37.9 Å². The van der Waals surface area contributed by atoms with Crippen LogP contribution in [0.4, 0.5) is 5.69 Å². The van der Waals surface area contributed by atoms with Crippen LogP contribution in [0, 0.1) is 12.3 Å². The van der Waals surface area contributed by atoms with Crippen molar-refractivity contribution in [3.05, 3.63) is 27.3 Å². The number of primary sulfonamides is 1. The summed E-state index contributed by atoms with van der Waals surface area (Å²) >= 11 is 0.585. The summed E-state index contributed by atoms with van der Waals surface area (Å²) in [5.41, 5.74) is -0.106. The fraction of sp³-hybridized carbons (Fsp3) is 0.375. The lowest BCUT2D eigenvalue weighted by molar-refractivity contribution is 0.307. The number of nitrogens with one attached hydrogen (secondary N) is 2. The number of rotatable bonds is 4. The Morgan fingerprint density at radius 3 is 2.41 bits per heavy atom. The van der Waals surface area contributed by atoms with E-state index in [9.17, 15) is 17.7 Å². The van der Waals surface area contributed by atoms with E-state index in [2.05, 4.69) is 40.2 Å². The van der Waals surface area contributed by atoms with E-state index in [0.717, 1.165) is 16.2 Å². The summed E-state index contributed by atoms with van der Waals surface area (Å²) in [6.07, 6.45) is 0. The average Bonchev–Trinajstić information content (AvgIpc) is 3.24. The summed E-state index contributed by atoms with van der Waals surface area (Å²) in [7, 11) is -4.06. The second-order valence-corrected chi connectivity index (χ2v) is 12.2. The summed E-state index contributed by atoms with van der Waals surface area (Å²) < 4.78 is 42.6. The molecule has 2 atom stereocenters. The third-order valence-corrected chi connectivity index (χ3v) is 8.20. The second-order valence-electron chi connectivity index (χ2n) is 7.46. The Morgan fingerprint density at radius 1 is 1.24 bits per heavy atom. The minimum absolute atomic E-state index is 0.0884. The molecule has 1 aliphatic heterocycles. The quantitative estimate of drug-likeness (QED) is 0.535. The van der Waals surface area contributed by atoms with E-state index in [1.165, 1.54) is 10.3 Å². The van der Waals surface area contributed by atoms with Gasteiger partial charge in [0.1, 0.15) is 0 Å². The summed E-state index contributed by atoms with van der Waals surface area (Å²) in [5, 5.41) is 22.7. The lowest BCUT2D eigenvalue weighted by Crippen LogP contribution is -2.41. The molecule has 0 bridgehead atoms. The van der Waals surface area contributed by atoms with Crippen LogP contribution >= 0.6 is 22.7 Å². The Kier molecular flexibility index (Phi) is 5.89. The third-order valence-electron chi connectivity index (χ3n) is 4.00. The van der Waals surface area contributed by atoms with Crippen LogP contribution in [-0.2, 0) is 21.2 Å². The Bertz CT molecular complexity index is 1120. The summed E-state index contributed by atoms with van der Waals surface area (Å²) in [6.45, 7) is 8.23. The predicted octanol–water partition coefficient (Wildman–Crippen LogP) is 2.65. The van der Waals surface area contributed by atoms with E-state index < -0.39 is 26.9 Å². The van der Waals surface area contributed by atoms with Gasteiger partial charge in [-0.2, -0.15) is 0 Å². The van der Waals surface area contributed by atoms with Crippen molar-refractivity contribution < 1.29 is 17.7 Å². The number of aryl methyl sites for hydroxylation is 1. The summed E-state index contributed by atoms with van der Waals surface area (Å²) in [4.78, 5) is 2.25. The molecule has 158 valence electrons. The minimum Gasteiger partial charge on any atom is -0.504 e. The minimum atomic E-state index is -4.06. The molecule has 0 aromatic carbocycles. The fourth-order valence-electron chi connectivity index (χ4n) is 2.65. The van der Waals surface area contributed by atoms with Gasteiger partial charge in [0.15, 0.2) is 21.6 Å². The predicted molar refractivity (Wildman–Crippen MR) is 118 cm³/mol. The van der Waals surface area contributed by atoms with Crippen molar-refractivity contribution in [2.24, 2.45) is 19.3 Å². The molecule has 13 heteroatoms. The molecule has 29 heavy (non-hydrogen) atoms. The number of thiophene rings is 2. The molecule has 1 aliphatic rings. The number of anilines is 1. The fourth-order valence-corrected chi connectivity index (χ4v) is 6.13. The number of amidine groups is 2. The Hall–Kier alpha value is -1.80. The number of hydrogen-bond donors (Lipinski definition) is 4. The molecule has 3 rings (SSSR count). The molecule has 2 aromatic heterocycles. The molecule has 9 nitrogen and oxygen atoms in total. The Balaban J connectivity index is 1.88. The van der Waals surface area contributed by atoms with E-state index >= 15 is 0 Å². The maximum Gasteiger partial charge on any atom is 0.269 e. The van der Waals surface area contributed by atoms with Gasteiger partial charge in [0, 0.05) is 15.1 Å². The van der Waals surface area contributed by atoms with E-state index in [-0.39, 0.29) is 33.0 Å². The average molecular weight is 476 g/mol. The summed E-state index contributed by atoms with van der Waals surface area (Å²) in [6, 6.07) is 3.92. The number of sulfonamides is 1. The van der Waals surface area contributed by atoms with E-state index in [4.69, 9.17) is 5.14 Å². The van der Waals surface area contributed by atoms with Crippen LogP contribution in [0.2, 0.25) is 0 Å². The Morgan fingerprint density at radius 2 is 1.90 bits per heavy atom. The molecule has 0 radical (unpaired) electrons. The van der Waals surface area contributed by atoms with Crippen molar-refractivity contribution in [2.75, 3.05) is 5.32 Å². The second kappa shape index (κ2) is 7.80. The van der Waals surface area contributed by atoms with Crippen LogP contribution in [0.1, 0.15) is 36.6 Å². The maximum atomic E-state index is 12.0. The van der Waals surface area contributed by atoms with Crippen LogP contribution in [0.3, 0.4) is 0 Å². The van der Waals surface area contributed by atoms with Gasteiger partial charge >= 0.3 is 0 Å². The standard InChI is InChI=1S/C16H21N5O4S4/c1-8-5-6-10(27-8)12(16(2,3)4)19-14-13(20-28(23)21-14)18-9-7-26-15(11(9)22)29(17,24)25/h5-7,12,22H,1-4H3,(H,18,20)(H,19,21)(H2,17,24,25)/t12-,28?/m0/s1. The molecule has 0 fully saturated rings.